The molecule has 1 heterocycles. The van der Waals surface area contributed by atoms with Crippen LogP contribution in [-0.2, 0) is 10.0 Å². The molecule has 0 aromatic carbocycles. The third-order valence-corrected chi connectivity index (χ3v) is 7.04. The van der Waals surface area contributed by atoms with Crippen LogP contribution in [0.25, 0.3) is 0 Å². The fourth-order valence-electron chi connectivity index (χ4n) is 3.26. The molecule has 0 radical (unpaired) electrons. The standard InChI is InChI=1S/C14H29N3O2S/c1-13(11-15)12-16-7-9-17(10-8-16)20(18,19)14-5-3-2-4-6-14/h13-14H,2-12,15H2,1H3. The number of hydrogen-bond donors (Lipinski definition) is 1. The Hall–Kier alpha value is -0.170. The van der Waals surface area contributed by atoms with Crippen molar-refractivity contribution in [2.24, 2.45) is 11.7 Å². The number of nitrogens with two attached hydrogens (primary N) is 1. The monoisotopic (exact) mass is 303 g/mol. The van der Waals surface area contributed by atoms with Gasteiger partial charge in [0.2, 0.25) is 10.0 Å². The molecular weight excluding hydrogens is 274 g/mol. The summed E-state index contributed by atoms with van der Waals surface area (Å²) in [6, 6.07) is 0. The van der Waals surface area contributed by atoms with Gasteiger partial charge in [0.15, 0.2) is 0 Å². The zero-order chi connectivity index (χ0) is 14.6. The number of sulfonamides is 1. The molecule has 1 atom stereocenters. The third-order valence-electron chi connectivity index (χ3n) is 4.64. The minimum absolute atomic E-state index is 0.120. The third kappa shape index (κ3) is 3.93. The van der Waals surface area contributed by atoms with Crippen LogP contribution in [0.5, 0.6) is 0 Å². The normalized spacial score (nSPS) is 25.7. The first-order chi connectivity index (χ1) is 9.54. The summed E-state index contributed by atoms with van der Waals surface area (Å²) in [5.74, 6) is 0.483. The van der Waals surface area contributed by atoms with E-state index in [1.54, 1.807) is 4.31 Å². The van der Waals surface area contributed by atoms with Gasteiger partial charge in [-0.05, 0) is 25.3 Å². The first kappa shape index (κ1) is 16.2. The lowest BCUT2D eigenvalue weighted by Gasteiger charge is -2.37. The summed E-state index contributed by atoms with van der Waals surface area (Å²) in [4.78, 5) is 2.34. The molecule has 2 rings (SSSR count). The van der Waals surface area contributed by atoms with Crippen LogP contribution >= 0.6 is 0 Å². The molecule has 20 heavy (non-hydrogen) atoms. The van der Waals surface area contributed by atoms with E-state index < -0.39 is 10.0 Å². The predicted molar refractivity (Wildman–Crippen MR) is 82.0 cm³/mol. The van der Waals surface area contributed by atoms with Gasteiger partial charge in [0.25, 0.3) is 0 Å². The van der Waals surface area contributed by atoms with E-state index in [9.17, 15) is 8.42 Å². The molecule has 2 aliphatic rings. The van der Waals surface area contributed by atoms with Crippen molar-refractivity contribution in [3.05, 3.63) is 0 Å². The van der Waals surface area contributed by atoms with Gasteiger partial charge in [-0.2, -0.15) is 4.31 Å². The zero-order valence-electron chi connectivity index (χ0n) is 12.6. The Morgan fingerprint density at radius 2 is 1.70 bits per heavy atom. The van der Waals surface area contributed by atoms with Gasteiger partial charge in [-0.3, -0.25) is 0 Å². The molecule has 1 saturated heterocycles. The molecule has 5 nitrogen and oxygen atoms in total. The van der Waals surface area contributed by atoms with Crippen molar-refractivity contribution >= 4 is 10.0 Å². The quantitative estimate of drug-likeness (QED) is 0.818. The Morgan fingerprint density at radius 3 is 2.25 bits per heavy atom. The average Bonchev–Trinajstić information content (AvgIpc) is 2.48. The molecule has 1 saturated carbocycles. The lowest BCUT2D eigenvalue weighted by Crippen LogP contribution is -2.52. The Kier molecular flexibility index (Phi) is 5.84. The Balaban J connectivity index is 1.86. The van der Waals surface area contributed by atoms with Crippen LogP contribution in [0.3, 0.4) is 0 Å². The predicted octanol–water partition coefficient (Wildman–Crippen LogP) is 0.861. The summed E-state index contributed by atoms with van der Waals surface area (Å²) >= 11 is 0. The van der Waals surface area contributed by atoms with Gasteiger partial charge in [0, 0.05) is 32.7 Å². The van der Waals surface area contributed by atoms with Crippen LogP contribution in [0.1, 0.15) is 39.0 Å². The molecule has 1 aliphatic carbocycles. The van der Waals surface area contributed by atoms with E-state index >= 15 is 0 Å². The highest BCUT2D eigenvalue weighted by molar-refractivity contribution is 7.89. The van der Waals surface area contributed by atoms with Gasteiger partial charge in [-0.15, -0.1) is 0 Å². The fraction of sp³-hybridized carbons (Fsp3) is 1.00. The molecule has 118 valence electrons. The molecule has 2 N–H and O–H groups in total. The first-order valence-corrected chi connectivity index (χ1v) is 9.45. The maximum Gasteiger partial charge on any atom is 0.217 e. The lowest BCUT2D eigenvalue weighted by molar-refractivity contribution is 0.168. The van der Waals surface area contributed by atoms with Crippen molar-refractivity contribution in [3.63, 3.8) is 0 Å². The summed E-state index contributed by atoms with van der Waals surface area (Å²) < 4.78 is 27.0. The van der Waals surface area contributed by atoms with Gasteiger partial charge in [-0.1, -0.05) is 26.2 Å². The van der Waals surface area contributed by atoms with Crippen molar-refractivity contribution in [2.75, 3.05) is 39.3 Å². The molecule has 0 bridgehead atoms. The highest BCUT2D eigenvalue weighted by Gasteiger charge is 2.34. The molecule has 0 aromatic rings. The van der Waals surface area contributed by atoms with E-state index in [1.165, 1.54) is 6.42 Å². The van der Waals surface area contributed by atoms with E-state index in [0.717, 1.165) is 45.3 Å². The van der Waals surface area contributed by atoms with Gasteiger partial charge in [0.1, 0.15) is 0 Å². The summed E-state index contributed by atoms with van der Waals surface area (Å²) in [5, 5.41) is -0.120. The maximum atomic E-state index is 12.6. The minimum atomic E-state index is -3.06. The van der Waals surface area contributed by atoms with Crippen molar-refractivity contribution < 1.29 is 8.42 Å². The number of nitrogens with zero attached hydrogens (tertiary/aromatic N) is 2. The SMILES string of the molecule is CC(CN)CN1CCN(S(=O)(=O)C2CCCCC2)CC1. The minimum Gasteiger partial charge on any atom is -0.330 e. The largest absolute Gasteiger partial charge is 0.330 e. The molecule has 0 aromatic heterocycles. The van der Waals surface area contributed by atoms with Crippen LogP contribution in [0.2, 0.25) is 0 Å². The van der Waals surface area contributed by atoms with Crippen LogP contribution in [-0.4, -0.2) is 62.1 Å². The Morgan fingerprint density at radius 1 is 1.10 bits per heavy atom. The summed E-state index contributed by atoms with van der Waals surface area (Å²) in [6.07, 6.45) is 5.03. The number of rotatable bonds is 5. The second-order valence-electron chi connectivity index (χ2n) is 6.35. The molecule has 0 amide bonds. The van der Waals surface area contributed by atoms with Gasteiger partial charge >= 0.3 is 0 Å². The van der Waals surface area contributed by atoms with Gasteiger partial charge < -0.3 is 10.6 Å². The van der Waals surface area contributed by atoms with Crippen LogP contribution in [0.4, 0.5) is 0 Å². The van der Waals surface area contributed by atoms with E-state index in [0.29, 0.717) is 25.6 Å². The Labute approximate surface area is 123 Å². The maximum absolute atomic E-state index is 12.6. The van der Waals surface area contributed by atoms with E-state index in [-0.39, 0.29) is 5.25 Å². The van der Waals surface area contributed by atoms with Crippen molar-refractivity contribution in [1.82, 2.24) is 9.21 Å². The van der Waals surface area contributed by atoms with Crippen LogP contribution in [0.15, 0.2) is 0 Å². The first-order valence-electron chi connectivity index (χ1n) is 7.95. The molecule has 0 spiro atoms. The molecule has 1 aliphatic heterocycles. The topological polar surface area (TPSA) is 66.6 Å². The summed E-state index contributed by atoms with van der Waals surface area (Å²) in [5.41, 5.74) is 5.65. The molecular formula is C14H29N3O2S. The molecule has 1 unspecified atom stereocenters. The van der Waals surface area contributed by atoms with Gasteiger partial charge in [-0.25, -0.2) is 8.42 Å². The fourth-order valence-corrected chi connectivity index (χ4v) is 5.28. The van der Waals surface area contributed by atoms with Crippen LogP contribution < -0.4 is 5.73 Å². The lowest BCUT2D eigenvalue weighted by atomic mass is 10.0. The van der Waals surface area contributed by atoms with Crippen molar-refractivity contribution in [1.29, 1.82) is 0 Å². The summed E-state index contributed by atoms with van der Waals surface area (Å²) in [7, 11) is -3.06. The van der Waals surface area contributed by atoms with Gasteiger partial charge in [0.05, 0.1) is 5.25 Å². The average molecular weight is 303 g/mol. The highest BCUT2D eigenvalue weighted by Crippen LogP contribution is 2.26. The summed E-state index contributed by atoms with van der Waals surface area (Å²) in [6.45, 7) is 6.80. The number of hydrogen-bond acceptors (Lipinski definition) is 4. The second kappa shape index (κ2) is 7.20. The zero-order valence-corrected chi connectivity index (χ0v) is 13.4. The van der Waals surface area contributed by atoms with E-state index in [1.807, 2.05) is 0 Å². The Bertz CT molecular complexity index is 385. The van der Waals surface area contributed by atoms with Crippen molar-refractivity contribution in [2.45, 2.75) is 44.3 Å². The highest BCUT2D eigenvalue weighted by atomic mass is 32.2. The number of piperazine rings is 1. The van der Waals surface area contributed by atoms with E-state index in [4.69, 9.17) is 5.73 Å². The molecule has 6 heteroatoms. The smallest absolute Gasteiger partial charge is 0.217 e. The van der Waals surface area contributed by atoms with Crippen LogP contribution in [0, 0.1) is 5.92 Å². The van der Waals surface area contributed by atoms with Crippen molar-refractivity contribution in [3.8, 4) is 0 Å². The second-order valence-corrected chi connectivity index (χ2v) is 8.56. The van der Waals surface area contributed by atoms with E-state index in [2.05, 4.69) is 11.8 Å². The molecule has 2 fully saturated rings.